The van der Waals surface area contributed by atoms with Crippen molar-refractivity contribution in [1.82, 2.24) is 10.2 Å². The maximum absolute atomic E-state index is 13.7. The van der Waals surface area contributed by atoms with Crippen LogP contribution in [0.5, 0.6) is 0 Å². The first-order chi connectivity index (χ1) is 12.2. The molecule has 0 aliphatic carbocycles. The van der Waals surface area contributed by atoms with Gasteiger partial charge in [-0.2, -0.15) is 0 Å². The highest BCUT2D eigenvalue weighted by atomic mass is 19.1. The van der Waals surface area contributed by atoms with Gasteiger partial charge in [-0.05, 0) is 56.5 Å². The zero-order chi connectivity index (χ0) is 17.5. The van der Waals surface area contributed by atoms with E-state index in [1.54, 1.807) is 6.07 Å². The van der Waals surface area contributed by atoms with Crippen LogP contribution in [0, 0.1) is 5.82 Å². The van der Waals surface area contributed by atoms with Gasteiger partial charge in [-0.1, -0.05) is 25.0 Å². The molecule has 4 nitrogen and oxygen atoms in total. The molecule has 25 heavy (non-hydrogen) atoms. The summed E-state index contributed by atoms with van der Waals surface area (Å²) in [6.45, 7) is 4.86. The van der Waals surface area contributed by atoms with Crippen LogP contribution >= 0.6 is 0 Å². The van der Waals surface area contributed by atoms with Gasteiger partial charge in [0.05, 0.1) is 5.41 Å². The predicted molar refractivity (Wildman–Crippen MR) is 96.0 cm³/mol. The Morgan fingerprint density at radius 2 is 1.88 bits per heavy atom. The molecule has 2 aliphatic heterocycles. The number of nitrogens with one attached hydrogen (secondary N) is 1. The number of hydrogen-bond donors (Lipinski definition) is 1. The van der Waals surface area contributed by atoms with Crippen molar-refractivity contribution in [3.05, 3.63) is 35.6 Å². The molecule has 2 aliphatic rings. The summed E-state index contributed by atoms with van der Waals surface area (Å²) in [7, 11) is 0. The van der Waals surface area contributed by atoms with Crippen molar-refractivity contribution in [1.29, 1.82) is 0 Å². The van der Waals surface area contributed by atoms with Crippen molar-refractivity contribution in [3.8, 4) is 0 Å². The number of halogens is 1. The van der Waals surface area contributed by atoms with Crippen molar-refractivity contribution in [3.63, 3.8) is 0 Å². The van der Waals surface area contributed by atoms with Crippen LogP contribution in [0.15, 0.2) is 24.3 Å². The molecule has 0 atom stereocenters. The van der Waals surface area contributed by atoms with Crippen LogP contribution in [0.3, 0.4) is 0 Å². The van der Waals surface area contributed by atoms with Gasteiger partial charge in [0.15, 0.2) is 0 Å². The van der Waals surface area contributed by atoms with Gasteiger partial charge in [-0.15, -0.1) is 0 Å². The van der Waals surface area contributed by atoms with Crippen LogP contribution in [0.25, 0.3) is 0 Å². The Morgan fingerprint density at radius 1 is 1.16 bits per heavy atom. The van der Waals surface area contributed by atoms with Crippen molar-refractivity contribution in [2.45, 2.75) is 43.9 Å². The minimum Gasteiger partial charge on any atom is -0.381 e. The number of benzene rings is 1. The van der Waals surface area contributed by atoms with Crippen molar-refractivity contribution in [2.24, 2.45) is 0 Å². The molecule has 1 N–H and O–H groups in total. The first-order valence-corrected chi connectivity index (χ1v) is 9.55. The number of hydrogen-bond acceptors (Lipinski definition) is 3. The average Bonchev–Trinajstić information content (AvgIpc) is 2.91. The average molecular weight is 348 g/mol. The van der Waals surface area contributed by atoms with E-state index in [1.807, 2.05) is 6.07 Å². The van der Waals surface area contributed by atoms with Gasteiger partial charge in [0.25, 0.3) is 0 Å². The highest BCUT2D eigenvalue weighted by molar-refractivity contribution is 5.88. The van der Waals surface area contributed by atoms with Crippen LogP contribution < -0.4 is 5.32 Å². The van der Waals surface area contributed by atoms with Gasteiger partial charge in [0.2, 0.25) is 5.91 Å². The maximum Gasteiger partial charge on any atom is 0.230 e. The predicted octanol–water partition coefficient (Wildman–Crippen LogP) is 2.87. The zero-order valence-corrected chi connectivity index (χ0v) is 14.9. The normalized spacial score (nSPS) is 21.5. The van der Waals surface area contributed by atoms with Crippen LogP contribution in [0.1, 0.15) is 44.1 Å². The highest BCUT2D eigenvalue weighted by Gasteiger charge is 2.41. The summed E-state index contributed by atoms with van der Waals surface area (Å²) in [5, 5.41) is 3.12. The van der Waals surface area contributed by atoms with E-state index in [9.17, 15) is 9.18 Å². The highest BCUT2D eigenvalue weighted by Crippen LogP contribution is 2.35. The molecule has 0 spiro atoms. The summed E-state index contributed by atoms with van der Waals surface area (Å²) >= 11 is 0. The standard InChI is InChI=1S/C20H29FN2O2/c21-18-7-5-6-17(16-18)20(8-14-25-15-9-20)19(24)22-10-13-23-11-3-1-2-4-12-23/h5-7,16H,1-4,8-15H2,(H,22,24). The second kappa shape index (κ2) is 8.77. The molecule has 1 amide bonds. The monoisotopic (exact) mass is 348 g/mol. The lowest BCUT2D eigenvalue weighted by molar-refractivity contribution is -0.130. The number of nitrogens with zero attached hydrogens (tertiary/aromatic N) is 1. The summed E-state index contributed by atoms with van der Waals surface area (Å²) in [5.41, 5.74) is 0.0992. The van der Waals surface area contributed by atoms with Crippen molar-refractivity contribution < 1.29 is 13.9 Å². The summed E-state index contributed by atoms with van der Waals surface area (Å²) in [4.78, 5) is 15.5. The molecule has 0 saturated carbocycles. The van der Waals surface area contributed by atoms with Gasteiger partial charge in [0, 0.05) is 26.3 Å². The Bertz CT molecular complexity index is 565. The number of likely N-dealkylation sites (tertiary alicyclic amines) is 1. The lowest BCUT2D eigenvalue weighted by Gasteiger charge is -2.36. The lowest BCUT2D eigenvalue weighted by atomic mass is 9.73. The third kappa shape index (κ3) is 4.59. The summed E-state index contributed by atoms with van der Waals surface area (Å²) < 4.78 is 19.2. The van der Waals surface area contributed by atoms with Gasteiger partial charge < -0.3 is 15.0 Å². The number of rotatable bonds is 5. The van der Waals surface area contributed by atoms with Gasteiger partial charge in [0.1, 0.15) is 5.82 Å². The second-order valence-corrected chi connectivity index (χ2v) is 7.22. The SMILES string of the molecule is O=C(NCCN1CCCCCC1)C1(c2cccc(F)c2)CCOCC1. The zero-order valence-electron chi connectivity index (χ0n) is 14.9. The lowest BCUT2D eigenvalue weighted by Crippen LogP contribution is -2.49. The quantitative estimate of drug-likeness (QED) is 0.890. The molecule has 1 aromatic rings. The molecule has 2 saturated heterocycles. The molecule has 0 radical (unpaired) electrons. The summed E-state index contributed by atoms with van der Waals surface area (Å²) in [6, 6.07) is 6.47. The fourth-order valence-electron chi connectivity index (χ4n) is 4.01. The molecular formula is C20H29FN2O2. The maximum atomic E-state index is 13.7. The molecule has 2 heterocycles. The molecule has 3 rings (SSSR count). The summed E-state index contributed by atoms with van der Waals surface area (Å²) in [6.07, 6.45) is 6.33. The van der Waals surface area contributed by atoms with E-state index >= 15 is 0 Å². The Labute approximate surface area is 149 Å². The molecule has 5 heteroatoms. The van der Waals surface area contributed by atoms with Crippen LogP contribution in [-0.4, -0.2) is 50.2 Å². The van der Waals surface area contributed by atoms with E-state index in [1.165, 1.54) is 37.8 Å². The third-order valence-corrected chi connectivity index (χ3v) is 5.57. The largest absolute Gasteiger partial charge is 0.381 e. The molecular weight excluding hydrogens is 319 g/mol. The fraction of sp³-hybridized carbons (Fsp3) is 0.650. The topological polar surface area (TPSA) is 41.6 Å². The van der Waals surface area contributed by atoms with Crippen LogP contribution in [-0.2, 0) is 14.9 Å². The number of carbonyl (C=O) groups is 1. The Balaban J connectivity index is 1.63. The fourth-order valence-corrected chi connectivity index (χ4v) is 4.01. The van der Waals surface area contributed by atoms with E-state index in [0.29, 0.717) is 32.6 Å². The second-order valence-electron chi connectivity index (χ2n) is 7.22. The number of amides is 1. The summed E-state index contributed by atoms with van der Waals surface area (Å²) in [5.74, 6) is -0.281. The van der Waals surface area contributed by atoms with Gasteiger partial charge >= 0.3 is 0 Å². The number of carbonyl (C=O) groups excluding carboxylic acids is 1. The van der Waals surface area contributed by atoms with Gasteiger partial charge in [-0.25, -0.2) is 4.39 Å². The van der Waals surface area contributed by atoms with E-state index in [4.69, 9.17) is 4.74 Å². The van der Waals surface area contributed by atoms with Gasteiger partial charge in [-0.3, -0.25) is 4.79 Å². The van der Waals surface area contributed by atoms with Crippen molar-refractivity contribution in [2.75, 3.05) is 39.4 Å². The minimum absolute atomic E-state index is 0.0104. The molecule has 0 aromatic heterocycles. The molecule has 0 bridgehead atoms. The smallest absolute Gasteiger partial charge is 0.230 e. The van der Waals surface area contributed by atoms with E-state index in [2.05, 4.69) is 10.2 Å². The van der Waals surface area contributed by atoms with Crippen LogP contribution in [0.2, 0.25) is 0 Å². The third-order valence-electron chi connectivity index (χ3n) is 5.57. The first-order valence-electron chi connectivity index (χ1n) is 9.55. The Hall–Kier alpha value is -1.46. The Morgan fingerprint density at radius 3 is 2.56 bits per heavy atom. The molecule has 138 valence electrons. The van der Waals surface area contributed by atoms with Crippen LogP contribution in [0.4, 0.5) is 4.39 Å². The minimum atomic E-state index is -0.668. The molecule has 2 fully saturated rings. The number of ether oxygens (including phenoxy) is 1. The first kappa shape index (κ1) is 18.3. The van der Waals surface area contributed by atoms with E-state index in [-0.39, 0.29) is 11.7 Å². The van der Waals surface area contributed by atoms with Crippen molar-refractivity contribution >= 4 is 5.91 Å². The molecule has 0 unspecified atom stereocenters. The molecule has 1 aromatic carbocycles. The van der Waals surface area contributed by atoms with E-state index < -0.39 is 5.41 Å². The van der Waals surface area contributed by atoms with E-state index in [0.717, 1.165) is 25.2 Å². The Kier molecular flexibility index (Phi) is 6.43.